The molecule has 3 aromatic rings. The van der Waals surface area contributed by atoms with Gasteiger partial charge in [0.1, 0.15) is 0 Å². The fraction of sp³-hybridized carbons (Fsp3) is 0.269. The third kappa shape index (κ3) is 2.37. The molecule has 2 heteroatoms. The molecule has 3 aromatic carbocycles. The van der Waals surface area contributed by atoms with Gasteiger partial charge >= 0.3 is 0 Å². The third-order valence-corrected chi connectivity index (χ3v) is 6.79. The van der Waals surface area contributed by atoms with Crippen LogP contribution in [0.15, 0.2) is 66.7 Å². The first-order valence-corrected chi connectivity index (χ1v) is 10.1. The van der Waals surface area contributed by atoms with Gasteiger partial charge in [-0.2, -0.15) is 0 Å². The largest absolute Gasteiger partial charge is 0.325 e. The fourth-order valence-electron chi connectivity index (χ4n) is 5.32. The zero-order valence-corrected chi connectivity index (χ0v) is 16.6. The van der Waals surface area contributed by atoms with Crippen molar-refractivity contribution in [2.24, 2.45) is 5.41 Å². The lowest BCUT2D eigenvalue weighted by atomic mass is 9.52. The predicted octanol–water partition coefficient (Wildman–Crippen LogP) is 5.93. The first kappa shape index (κ1) is 17.2. The highest BCUT2D eigenvalue weighted by atomic mass is 16.2. The lowest BCUT2D eigenvalue weighted by Gasteiger charge is -2.50. The van der Waals surface area contributed by atoms with Gasteiger partial charge in [-0.15, -0.1) is 0 Å². The van der Waals surface area contributed by atoms with Crippen molar-refractivity contribution in [1.82, 2.24) is 0 Å². The Morgan fingerprint density at radius 1 is 0.893 bits per heavy atom. The Kier molecular flexibility index (Phi) is 3.74. The second-order valence-electron chi connectivity index (χ2n) is 8.64. The van der Waals surface area contributed by atoms with Crippen molar-refractivity contribution in [3.8, 4) is 0 Å². The number of hydrogen-bond donors (Lipinski definition) is 1. The Morgan fingerprint density at radius 2 is 1.46 bits per heavy atom. The highest BCUT2D eigenvalue weighted by molar-refractivity contribution is 5.97. The summed E-state index contributed by atoms with van der Waals surface area (Å²) in [6.45, 7) is 6.26. The minimum absolute atomic E-state index is 0.0926. The molecule has 3 aliphatic rings. The number of anilines is 1. The molecule has 0 unspecified atom stereocenters. The molecule has 0 radical (unpaired) electrons. The summed E-state index contributed by atoms with van der Waals surface area (Å²) in [4.78, 5) is 13.7. The fourth-order valence-corrected chi connectivity index (χ4v) is 5.32. The van der Waals surface area contributed by atoms with Gasteiger partial charge in [-0.3, -0.25) is 4.79 Å². The SMILES string of the molecule is Cc1ccc(C)c(NC(=O)[C@@]2(C)CC3c4ccccc4C2c2ccccc23)c1. The van der Waals surface area contributed by atoms with E-state index < -0.39 is 5.41 Å². The first-order chi connectivity index (χ1) is 13.5. The summed E-state index contributed by atoms with van der Waals surface area (Å²) in [5.74, 6) is 0.502. The van der Waals surface area contributed by atoms with Crippen molar-refractivity contribution in [3.63, 3.8) is 0 Å². The van der Waals surface area contributed by atoms with Gasteiger partial charge in [0, 0.05) is 17.5 Å². The summed E-state index contributed by atoms with van der Waals surface area (Å²) in [6, 6.07) is 23.6. The van der Waals surface area contributed by atoms with Gasteiger partial charge in [0.2, 0.25) is 5.91 Å². The van der Waals surface area contributed by atoms with E-state index in [1.807, 2.05) is 0 Å². The minimum atomic E-state index is -0.469. The summed E-state index contributed by atoms with van der Waals surface area (Å²) in [6.07, 6.45) is 0.850. The molecular formula is C26H25NO. The Labute approximate surface area is 166 Å². The number of rotatable bonds is 2. The lowest BCUT2D eigenvalue weighted by Crippen LogP contribution is -2.47. The molecule has 6 rings (SSSR count). The first-order valence-electron chi connectivity index (χ1n) is 10.1. The Morgan fingerprint density at radius 3 is 2.07 bits per heavy atom. The molecule has 0 aromatic heterocycles. The maximum Gasteiger partial charge on any atom is 0.231 e. The molecule has 140 valence electrons. The Balaban J connectivity index is 1.61. The van der Waals surface area contributed by atoms with E-state index in [9.17, 15) is 4.79 Å². The summed E-state index contributed by atoms with van der Waals surface area (Å²) in [5.41, 5.74) is 8.13. The molecular weight excluding hydrogens is 342 g/mol. The van der Waals surface area contributed by atoms with Crippen LogP contribution >= 0.6 is 0 Å². The molecule has 0 saturated carbocycles. The molecule has 1 N–H and O–H groups in total. The smallest absolute Gasteiger partial charge is 0.231 e. The van der Waals surface area contributed by atoms with E-state index in [-0.39, 0.29) is 17.7 Å². The van der Waals surface area contributed by atoms with Crippen LogP contribution in [-0.2, 0) is 4.79 Å². The molecule has 2 bridgehead atoms. The van der Waals surface area contributed by atoms with E-state index in [4.69, 9.17) is 0 Å². The number of hydrogen-bond acceptors (Lipinski definition) is 1. The van der Waals surface area contributed by atoms with Crippen LogP contribution in [0.3, 0.4) is 0 Å². The number of carbonyl (C=O) groups is 1. The highest BCUT2D eigenvalue weighted by Gasteiger charge is 2.53. The topological polar surface area (TPSA) is 29.1 Å². The number of fused-ring (bicyclic) bond motifs is 1. The Bertz CT molecular complexity index is 1050. The second kappa shape index (κ2) is 6.07. The molecule has 0 aliphatic heterocycles. The van der Waals surface area contributed by atoms with Crippen molar-refractivity contribution < 1.29 is 4.79 Å². The number of nitrogens with one attached hydrogen (secondary N) is 1. The van der Waals surface area contributed by atoms with Gasteiger partial charge in [0.15, 0.2) is 0 Å². The van der Waals surface area contributed by atoms with Crippen LogP contribution in [0.4, 0.5) is 5.69 Å². The van der Waals surface area contributed by atoms with Crippen molar-refractivity contribution in [3.05, 3.63) is 100 Å². The molecule has 0 saturated heterocycles. The van der Waals surface area contributed by atoms with Gasteiger partial charge in [-0.25, -0.2) is 0 Å². The van der Waals surface area contributed by atoms with E-state index in [1.54, 1.807) is 0 Å². The maximum atomic E-state index is 13.7. The molecule has 2 nitrogen and oxygen atoms in total. The quantitative estimate of drug-likeness (QED) is 0.597. The molecule has 0 spiro atoms. The summed E-state index contributed by atoms with van der Waals surface area (Å²) < 4.78 is 0. The van der Waals surface area contributed by atoms with Gasteiger partial charge < -0.3 is 5.32 Å². The molecule has 0 fully saturated rings. The predicted molar refractivity (Wildman–Crippen MR) is 114 cm³/mol. The normalized spacial score (nSPS) is 24.4. The van der Waals surface area contributed by atoms with Crippen LogP contribution in [0.25, 0.3) is 0 Å². The molecule has 1 atom stereocenters. The number of carbonyl (C=O) groups excluding carboxylic acids is 1. The van der Waals surface area contributed by atoms with Gasteiger partial charge in [-0.05, 0) is 66.6 Å². The van der Waals surface area contributed by atoms with Crippen molar-refractivity contribution in [2.75, 3.05) is 5.32 Å². The molecule has 3 aliphatic carbocycles. The lowest BCUT2D eigenvalue weighted by molar-refractivity contribution is -0.126. The van der Waals surface area contributed by atoms with E-state index in [2.05, 4.69) is 92.8 Å². The number of amides is 1. The van der Waals surface area contributed by atoms with Crippen LogP contribution in [0, 0.1) is 19.3 Å². The van der Waals surface area contributed by atoms with Crippen LogP contribution in [0.2, 0.25) is 0 Å². The zero-order valence-electron chi connectivity index (χ0n) is 16.6. The number of aryl methyl sites for hydroxylation is 2. The Hall–Kier alpha value is -2.87. The van der Waals surface area contributed by atoms with Crippen molar-refractivity contribution in [2.45, 2.75) is 39.0 Å². The minimum Gasteiger partial charge on any atom is -0.325 e. The summed E-state index contributed by atoms with van der Waals surface area (Å²) >= 11 is 0. The summed E-state index contributed by atoms with van der Waals surface area (Å²) in [7, 11) is 0. The van der Waals surface area contributed by atoms with Crippen molar-refractivity contribution >= 4 is 11.6 Å². The average Bonchev–Trinajstić information content (AvgIpc) is 2.71. The summed E-state index contributed by atoms with van der Waals surface area (Å²) in [5, 5.41) is 3.27. The molecule has 1 amide bonds. The highest BCUT2D eigenvalue weighted by Crippen LogP contribution is 2.61. The average molecular weight is 367 g/mol. The molecule has 28 heavy (non-hydrogen) atoms. The van der Waals surface area contributed by atoms with E-state index >= 15 is 0 Å². The zero-order chi connectivity index (χ0) is 19.5. The molecule has 0 heterocycles. The van der Waals surface area contributed by atoms with Crippen LogP contribution in [0.5, 0.6) is 0 Å². The van der Waals surface area contributed by atoms with Gasteiger partial charge in [0.25, 0.3) is 0 Å². The van der Waals surface area contributed by atoms with Crippen molar-refractivity contribution in [1.29, 1.82) is 0 Å². The second-order valence-corrected chi connectivity index (χ2v) is 8.64. The van der Waals surface area contributed by atoms with Crippen LogP contribution in [0.1, 0.15) is 58.6 Å². The van der Waals surface area contributed by atoms with Crippen LogP contribution < -0.4 is 5.32 Å². The van der Waals surface area contributed by atoms with Gasteiger partial charge in [0.05, 0.1) is 5.41 Å². The van der Waals surface area contributed by atoms with E-state index in [1.165, 1.54) is 22.3 Å². The third-order valence-electron chi connectivity index (χ3n) is 6.79. The maximum absolute atomic E-state index is 13.7. The van der Waals surface area contributed by atoms with Crippen LogP contribution in [-0.4, -0.2) is 5.91 Å². The van der Waals surface area contributed by atoms with E-state index in [0.29, 0.717) is 0 Å². The van der Waals surface area contributed by atoms with E-state index in [0.717, 1.165) is 23.2 Å². The number of benzene rings is 3. The van der Waals surface area contributed by atoms with Gasteiger partial charge in [-0.1, -0.05) is 60.7 Å². The standard InChI is InChI=1S/C26H25NO/c1-16-12-13-17(2)23(14-16)27-25(28)26(3)15-22-18-8-4-6-10-20(18)24(26)21-11-7-5-9-19(21)22/h4-14,22,24H,15H2,1-3H3,(H,27,28)/t22?,24?,26-/m0/s1. The monoisotopic (exact) mass is 367 g/mol.